The normalized spacial score (nSPS) is 10.3. The predicted molar refractivity (Wildman–Crippen MR) is 63.3 cm³/mol. The van der Waals surface area contributed by atoms with Crippen molar-refractivity contribution in [1.82, 2.24) is 5.32 Å². The number of nitrogens with one attached hydrogen (secondary N) is 1. The van der Waals surface area contributed by atoms with Gasteiger partial charge in [-0.05, 0) is 24.6 Å². The molecule has 0 radical (unpaired) electrons. The molecule has 0 bridgehead atoms. The minimum atomic E-state index is 0.228. The summed E-state index contributed by atoms with van der Waals surface area (Å²) >= 11 is 0. The third kappa shape index (κ3) is 3.84. The topological polar surface area (TPSA) is 29.1 Å². The SMILES string of the molecule is CCNCCC(=O)c1cccc(CC)c1. The van der Waals surface area contributed by atoms with Crippen molar-refractivity contribution in [2.45, 2.75) is 26.7 Å². The van der Waals surface area contributed by atoms with Gasteiger partial charge in [-0.25, -0.2) is 0 Å². The molecule has 0 heterocycles. The standard InChI is InChI=1S/C13H19NO/c1-3-11-6-5-7-12(10-11)13(15)8-9-14-4-2/h5-7,10,14H,3-4,8-9H2,1-2H3. The third-order valence-corrected chi connectivity index (χ3v) is 2.44. The van der Waals surface area contributed by atoms with Gasteiger partial charge in [0.1, 0.15) is 0 Å². The number of Topliss-reactive ketones (excluding diaryl/α,β-unsaturated/α-hetero) is 1. The van der Waals surface area contributed by atoms with Gasteiger partial charge < -0.3 is 5.32 Å². The van der Waals surface area contributed by atoms with Gasteiger partial charge in [-0.1, -0.05) is 32.0 Å². The van der Waals surface area contributed by atoms with E-state index >= 15 is 0 Å². The average molecular weight is 205 g/mol. The molecular formula is C13H19NO. The Morgan fingerprint density at radius 3 is 2.80 bits per heavy atom. The fourth-order valence-electron chi connectivity index (χ4n) is 1.49. The number of aryl methyl sites for hydroxylation is 1. The fraction of sp³-hybridized carbons (Fsp3) is 0.462. The monoisotopic (exact) mass is 205 g/mol. The van der Waals surface area contributed by atoms with Crippen LogP contribution in [0.15, 0.2) is 24.3 Å². The molecule has 15 heavy (non-hydrogen) atoms. The van der Waals surface area contributed by atoms with Crippen molar-refractivity contribution in [1.29, 1.82) is 0 Å². The molecule has 0 aliphatic rings. The maximum atomic E-state index is 11.7. The van der Waals surface area contributed by atoms with Crippen molar-refractivity contribution in [3.05, 3.63) is 35.4 Å². The number of rotatable bonds is 6. The highest BCUT2D eigenvalue weighted by Gasteiger charge is 2.04. The lowest BCUT2D eigenvalue weighted by atomic mass is 10.0. The van der Waals surface area contributed by atoms with Gasteiger partial charge >= 0.3 is 0 Å². The first-order valence-corrected chi connectivity index (χ1v) is 5.60. The number of carbonyl (C=O) groups excluding carboxylic acids is 1. The van der Waals surface area contributed by atoms with E-state index in [-0.39, 0.29) is 5.78 Å². The van der Waals surface area contributed by atoms with E-state index in [2.05, 4.69) is 18.3 Å². The van der Waals surface area contributed by atoms with Crippen molar-refractivity contribution in [3.8, 4) is 0 Å². The Morgan fingerprint density at radius 1 is 1.33 bits per heavy atom. The molecular weight excluding hydrogens is 186 g/mol. The molecule has 1 aromatic rings. The molecule has 1 N–H and O–H groups in total. The minimum Gasteiger partial charge on any atom is -0.317 e. The molecule has 0 aliphatic heterocycles. The molecule has 1 aromatic carbocycles. The first-order valence-electron chi connectivity index (χ1n) is 5.60. The number of hydrogen-bond acceptors (Lipinski definition) is 2. The van der Waals surface area contributed by atoms with E-state index in [0.29, 0.717) is 6.42 Å². The summed E-state index contributed by atoms with van der Waals surface area (Å²) in [4.78, 5) is 11.7. The van der Waals surface area contributed by atoms with Gasteiger partial charge in [0.05, 0.1) is 0 Å². The van der Waals surface area contributed by atoms with E-state index in [1.54, 1.807) is 0 Å². The molecule has 1 rings (SSSR count). The second-order valence-corrected chi connectivity index (χ2v) is 3.58. The zero-order valence-electron chi connectivity index (χ0n) is 9.55. The Kier molecular flexibility index (Phi) is 5.05. The summed E-state index contributed by atoms with van der Waals surface area (Å²) < 4.78 is 0. The van der Waals surface area contributed by atoms with E-state index < -0.39 is 0 Å². The lowest BCUT2D eigenvalue weighted by Crippen LogP contribution is -2.17. The Bertz CT molecular complexity index is 320. The molecule has 0 aliphatic carbocycles. The summed E-state index contributed by atoms with van der Waals surface area (Å²) in [5.74, 6) is 0.228. The molecule has 0 fully saturated rings. The molecule has 2 heteroatoms. The van der Waals surface area contributed by atoms with E-state index in [9.17, 15) is 4.79 Å². The van der Waals surface area contributed by atoms with Crippen molar-refractivity contribution in [3.63, 3.8) is 0 Å². The molecule has 82 valence electrons. The number of ketones is 1. The van der Waals surface area contributed by atoms with E-state index in [4.69, 9.17) is 0 Å². The lowest BCUT2D eigenvalue weighted by Gasteiger charge is -2.03. The van der Waals surface area contributed by atoms with Crippen LogP contribution in [0, 0.1) is 0 Å². The summed E-state index contributed by atoms with van der Waals surface area (Å²) in [6.07, 6.45) is 1.56. The van der Waals surface area contributed by atoms with Crippen molar-refractivity contribution >= 4 is 5.78 Å². The van der Waals surface area contributed by atoms with Crippen LogP contribution in [0.4, 0.5) is 0 Å². The molecule has 0 amide bonds. The van der Waals surface area contributed by atoms with Crippen molar-refractivity contribution < 1.29 is 4.79 Å². The zero-order valence-corrected chi connectivity index (χ0v) is 9.55. The van der Waals surface area contributed by atoms with Crippen molar-refractivity contribution in [2.24, 2.45) is 0 Å². The van der Waals surface area contributed by atoms with Crippen LogP contribution in [0.2, 0.25) is 0 Å². The van der Waals surface area contributed by atoms with E-state index in [0.717, 1.165) is 25.1 Å². The van der Waals surface area contributed by atoms with E-state index in [1.165, 1.54) is 5.56 Å². The van der Waals surface area contributed by atoms with Crippen LogP contribution in [0.1, 0.15) is 36.2 Å². The summed E-state index contributed by atoms with van der Waals surface area (Å²) in [6, 6.07) is 7.90. The molecule has 0 saturated heterocycles. The number of benzene rings is 1. The molecule has 0 aromatic heterocycles. The maximum absolute atomic E-state index is 11.7. The average Bonchev–Trinajstić information content (AvgIpc) is 2.29. The molecule has 0 spiro atoms. The first-order chi connectivity index (χ1) is 7.27. The van der Waals surface area contributed by atoms with Crippen LogP contribution in [0.25, 0.3) is 0 Å². The van der Waals surface area contributed by atoms with Gasteiger partial charge in [0.15, 0.2) is 5.78 Å². The highest BCUT2D eigenvalue weighted by Crippen LogP contribution is 2.08. The van der Waals surface area contributed by atoms with Gasteiger partial charge in [-0.3, -0.25) is 4.79 Å². The summed E-state index contributed by atoms with van der Waals surface area (Å²) in [7, 11) is 0. The second-order valence-electron chi connectivity index (χ2n) is 3.58. The van der Waals surface area contributed by atoms with Gasteiger partial charge in [-0.15, -0.1) is 0 Å². The second kappa shape index (κ2) is 6.36. The Hall–Kier alpha value is -1.15. The summed E-state index contributed by atoms with van der Waals surface area (Å²) in [5.41, 5.74) is 2.07. The highest BCUT2D eigenvalue weighted by atomic mass is 16.1. The molecule has 0 atom stereocenters. The van der Waals surface area contributed by atoms with Gasteiger partial charge in [0, 0.05) is 18.5 Å². The highest BCUT2D eigenvalue weighted by molar-refractivity contribution is 5.96. The number of carbonyl (C=O) groups is 1. The first kappa shape index (κ1) is 11.9. The minimum absolute atomic E-state index is 0.228. The van der Waals surface area contributed by atoms with Crippen LogP contribution >= 0.6 is 0 Å². The predicted octanol–water partition coefficient (Wildman–Crippen LogP) is 2.43. The zero-order chi connectivity index (χ0) is 11.1. The quantitative estimate of drug-likeness (QED) is 0.571. The van der Waals surface area contributed by atoms with Gasteiger partial charge in [0.25, 0.3) is 0 Å². The van der Waals surface area contributed by atoms with Crippen LogP contribution in [-0.2, 0) is 6.42 Å². The smallest absolute Gasteiger partial charge is 0.164 e. The largest absolute Gasteiger partial charge is 0.317 e. The van der Waals surface area contributed by atoms with Crippen LogP contribution < -0.4 is 5.32 Å². The fourth-order valence-corrected chi connectivity index (χ4v) is 1.49. The summed E-state index contributed by atoms with van der Waals surface area (Å²) in [5, 5.41) is 3.16. The lowest BCUT2D eigenvalue weighted by molar-refractivity contribution is 0.0982. The molecule has 0 unspecified atom stereocenters. The van der Waals surface area contributed by atoms with E-state index in [1.807, 2.05) is 25.1 Å². The van der Waals surface area contributed by atoms with Gasteiger partial charge in [0.2, 0.25) is 0 Å². The Morgan fingerprint density at radius 2 is 2.13 bits per heavy atom. The van der Waals surface area contributed by atoms with Gasteiger partial charge in [-0.2, -0.15) is 0 Å². The molecule has 2 nitrogen and oxygen atoms in total. The van der Waals surface area contributed by atoms with Crippen molar-refractivity contribution in [2.75, 3.05) is 13.1 Å². The summed E-state index contributed by atoms with van der Waals surface area (Å²) in [6.45, 7) is 5.83. The van der Waals surface area contributed by atoms with Crippen LogP contribution in [0.5, 0.6) is 0 Å². The third-order valence-electron chi connectivity index (χ3n) is 2.44. The van der Waals surface area contributed by atoms with Crippen LogP contribution in [-0.4, -0.2) is 18.9 Å². The molecule has 0 saturated carbocycles. The number of hydrogen-bond donors (Lipinski definition) is 1. The Labute approximate surface area is 91.7 Å². The Balaban J connectivity index is 2.57. The van der Waals surface area contributed by atoms with Crippen LogP contribution in [0.3, 0.4) is 0 Å². The maximum Gasteiger partial charge on any atom is 0.164 e.